The van der Waals surface area contributed by atoms with Gasteiger partial charge in [0.1, 0.15) is 0 Å². The fourth-order valence-corrected chi connectivity index (χ4v) is 2.68. The Morgan fingerprint density at radius 3 is 2.72 bits per heavy atom. The molecule has 0 N–H and O–H groups in total. The number of carbonyl (C=O) groups excluding carboxylic acids is 1. The number of thioether (sulfide) groups is 1. The molecule has 18 heavy (non-hydrogen) atoms. The summed E-state index contributed by atoms with van der Waals surface area (Å²) in [5.41, 5.74) is 0.493. The number of benzene rings is 1. The Bertz CT molecular complexity index is 425. The Balaban J connectivity index is 2.73. The third-order valence-corrected chi connectivity index (χ3v) is 4.16. The normalized spacial score (nSPS) is 12.8. The zero-order valence-electron chi connectivity index (χ0n) is 10.7. The van der Waals surface area contributed by atoms with Crippen LogP contribution in [0.15, 0.2) is 18.2 Å². The molecule has 0 spiro atoms. The summed E-state index contributed by atoms with van der Waals surface area (Å²) in [6.45, 7) is 2.45. The van der Waals surface area contributed by atoms with Crippen molar-refractivity contribution >= 4 is 40.7 Å². The molecule has 0 saturated heterocycles. The van der Waals surface area contributed by atoms with Crippen LogP contribution in [0.2, 0.25) is 10.0 Å². The first-order valence-electron chi connectivity index (χ1n) is 5.63. The molecule has 0 aliphatic heterocycles. The number of Topliss-reactive ketones (excluding diaryl/α,β-unsaturated/α-hetero) is 1. The van der Waals surface area contributed by atoms with Crippen LogP contribution in [0.4, 0.5) is 0 Å². The number of nitrogens with zero attached hydrogens (tertiary/aromatic N) is 1. The van der Waals surface area contributed by atoms with E-state index in [0.29, 0.717) is 28.2 Å². The summed E-state index contributed by atoms with van der Waals surface area (Å²) in [7, 11) is 1.94. The van der Waals surface area contributed by atoms with Gasteiger partial charge in [0.25, 0.3) is 0 Å². The zero-order valence-corrected chi connectivity index (χ0v) is 13.1. The lowest BCUT2D eigenvalue weighted by atomic mass is 10.1. The highest BCUT2D eigenvalue weighted by Gasteiger charge is 2.16. The van der Waals surface area contributed by atoms with Crippen molar-refractivity contribution in [1.29, 1.82) is 0 Å². The average Bonchev–Trinajstić information content (AvgIpc) is 2.32. The number of ketones is 1. The number of likely N-dealkylation sites (N-methyl/N-ethyl adjacent to an activating group) is 1. The van der Waals surface area contributed by atoms with Crippen LogP contribution in [-0.4, -0.2) is 42.3 Å². The molecule has 0 heterocycles. The van der Waals surface area contributed by atoms with Crippen LogP contribution < -0.4 is 0 Å². The van der Waals surface area contributed by atoms with Crippen LogP contribution in [0.25, 0.3) is 0 Å². The summed E-state index contributed by atoms with van der Waals surface area (Å²) in [5.74, 6) is 0.991. The second-order valence-corrected chi connectivity index (χ2v) is 6.02. The molecule has 1 aromatic rings. The van der Waals surface area contributed by atoms with E-state index < -0.39 is 0 Å². The number of hydrogen-bond acceptors (Lipinski definition) is 3. The molecule has 2 nitrogen and oxygen atoms in total. The lowest BCUT2D eigenvalue weighted by Gasteiger charge is -2.23. The van der Waals surface area contributed by atoms with E-state index in [1.165, 1.54) is 0 Å². The Morgan fingerprint density at radius 2 is 2.11 bits per heavy atom. The van der Waals surface area contributed by atoms with Crippen LogP contribution in [0.5, 0.6) is 0 Å². The van der Waals surface area contributed by atoms with Crippen molar-refractivity contribution in [2.75, 3.05) is 25.6 Å². The lowest BCUT2D eigenvalue weighted by molar-refractivity contribution is 0.0931. The Kier molecular flexibility index (Phi) is 6.50. The molecule has 0 fully saturated rings. The van der Waals surface area contributed by atoms with Crippen LogP contribution in [0.3, 0.4) is 0 Å². The minimum Gasteiger partial charge on any atom is -0.295 e. The van der Waals surface area contributed by atoms with Gasteiger partial charge in [0, 0.05) is 22.4 Å². The van der Waals surface area contributed by atoms with Crippen molar-refractivity contribution in [2.45, 2.75) is 13.0 Å². The summed E-state index contributed by atoms with van der Waals surface area (Å²) in [6, 6.07) is 5.31. The van der Waals surface area contributed by atoms with Crippen LogP contribution >= 0.6 is 35.0 Å². The van der Waals surface area contributed by atoms with Crippen LogP contribution in [0, 0.1) is 0 Å². The van der Waals surface area contributed by atoms with Crippen molar-refractivity contribution in [3.63, 3.8) is 0 Å². The first-order chi connectivity index (χ1) is 8.45. The fraction of sp³-hybridized carbons (Fsp3) is 0.462. The maximum Gasteiger partial charge on any atom is 0.178 e. The van der Waals surface area contributed by atoms with Gasteiger partial charge in [-0.25, -0.2) is 0 Å². The zero-order chi connectivity index (χ0) is 13.7. The van der Waals surface area contributed by atoms with Gasteiger partial charge in [-0.1, -0.05) is 23.2 Å². The predicted molar refractivity (Wildman–Crippen MR) is 81.3 cm³/mol. The monoisotopic (exact) mass is 305 g/mol. The van der Waals surface area contributed by atoms with Crippen LogP contribution in [0.1, 0.15) is 17.3 Å². The first kappa shape index (κ1) is 15.8. The largest absolute Gasteiger partial charge is 0.295 e. The quantitative estimate of drug-likeness (QED) is 0.744. The Labute approximate surface area is 123 Å². The molecule has 0 aliphatic rings. The maximum atomic E-state index is 12.1. The molecule has 0 saturated carbocycles. The van der Waals surface area contributed by atoms with Crippen molar-refractivity contribution in [3.05, 3.63) is 33.8 Å². The van der Waals surface area contributed by atoms with Crippen molar-refractivity contribution in [2.24, 2.45) is 0 Å². The Hall–Kier alpha value is -0.220. The molecule has 0 radical (unpaired) electrons. The van der Waals surface area contributed by atoms with Gasteiger partial charge in [-0.05, 0) is 38.4 Å². The van der Waals surface area contributed by atoms with Gasteiger partial charge in [0.05, 0.1) is 11.6 Å². The number of halogens is 2. The minimum atomic E-state index is -0.00190. The highest BCUT2D eigenvalue weighted by Crippen LogP contribution is 2.21. The predicted octanol–water partition coefficient (Wildman–Crippen LogP) is 3.86. The van der Waals surface area contributed by atoms with E-state index >= 15 is 0 Å². The molecule has 0 amide bonds. The summed E-state index contributed by atoms with van der Waals surface area (Å²) >= 11 is 13.7. The molecule has 1 rings (SSSR count). The van der Waals surface area contributed by atoms with E-state index in [4.69, 9.17) is 23.2 Å². The minimum absolute atomic E-state index is 0.00190. The molecule has 1 aromatic carbocycles. The molecule has 1 unspecified atom stereocenters. The van der Waals surface area contributed by atoms with Gasteiger partial charge in [-0.2, -0.15) is 11.8 Å². The van der Waals surface area contributed by atoms with E-state index in [1.54, 1.807) is 30.0 Å². The number of hydrogen-bond donors (Lipinski definition) is 0. The van der Waals surface area contributed by atoms with E-state index in [1.807, 2.05) is 11.9 Å². The van der Waals surface area contributed by atoms with E-state index in [-0.39, 0.29) is 5.78 Å². The average molecular weight is 306 g/mol. The molecule has 5 heteroatoms. The standard InChI is InChI=1S/C13H17Cl2NOS/c1-9(8-18-3)16(2)7-13(17)11-6-10(14)4-5-12(11)15/h4-6,9H,7-8H2,1-3H3. The molecule has 100 valence electrons. The number of carbonyl (C=O) groups is 1. The number of rotatable bonds is 6. The second-order valence-electron chi connectivity index (χ2n) is 4.27. The van der Waals surface area contributed by atoms with Crippen molar-refractivity contribution < 1.29 is 4.79 Å². The summed E-state index contributed by atoms with van der Waals surface area (Å²) < 4.78 is 0. The molecular weight excluding hydrogens is 289 g/mol. The topological polar surface area (TPSA) is 20.3 Å². The van der Waals surface area contributed by atoms with Gasteiger partial charge in [0.15, 0.2) is 5.78 Å². The highest BCUT2D eigenvalue weighted by atomic mass is 35.5. The SMILES string of the molecule is CSCC(C)N(C)CC(=O)c1cc(Cl)ccc1Cl. The lowest BCUT2D eigenvalue weighted by Crippen LogP contribution is -2.35. The van der Waals surface area contributed by atoms with Gasteiger partial charge in [-0.15, -0.1) is 0 Å². The third-order valence-electron chi connectivity index (χ3n) is 2.78. The molecule has 0 aliphatic carbocycles. The summed E-state index contributed by atoms with van der Waals surface area (Å²) in [6.07, 6.45) is 2.06. The van der Waals surface area contributed by atoms with E-state index in [9.17, 15) is 4.79 Å². The smallest absolute Gasteiger partial charge is 0.178 e. The van der Waals surface area contributed by atoms with E-state index in [2.05, 4.69) is 13.2 Å². The van der Waals surface area contributed by atoms with Crippen LogP contribution in [-0.2, 0) is 0 Å². The molecule has 0 aromatic heterocycles. The molecule has 1 atom stereocenters. The molecular formula is C13H17Cl2NOS. The third kappa shape index (κ3) is 4.47. The van der Waals surface area contributed by atoms with Gasteiger partial charge >= 0.3 is 0 Å². The first-order valence-corrected chi connectivity index (χ1v) is 7.78. The Morgan fingerprint density at radius 1 is 1.44 bits per heavy atom. The fourth-order valence-electron chi connectivity index (χ4n) is 1.55. The van der Waals surface area contributed by atoms with Gasteiger partial charge < -0.3 is 0 Å². The second kappa shape index (κ2) is 7.39. The van der Waals surface area contributed by atoms with Gasteiger partial charge in [0.2, 0.25) is 0 Å². The highest BCUT2D eigenvalue weighted by molar-refractivity contribution is 7.98. The molecule has 0 bridgehead atoms. The maximum absolute atomic E-state index is 12.1. The van der Waals surface area contributed by atoms with E-state index in [0.717, 1.165) is 5.75 Å². The van der Waals surface area contributed by atoms with Crippen molar-refractivity contribution in [1.82, 2.24) is 4.90 Å². The van der Waals surface area contributed by atoms with Crippen molar-refractivity contribution in [3.8, 4) is 0 Å². The summed E-state index contributed by atoms with van der Waals surface area (Å²) in [4.78, 5) is 14.2. The summed E-state index contributed by atoms with van der Waals surface area (Å²) in [5, 5.41) is 0.984. The van der Waals surface area contributed by atoms with Gasteiger partial charge in [-0.3, -0.25) is 9.69 Å².